The van der Waals surface area contributed by atoms with Crippen LogP contribution in [-0.4, -0.2) is 36.2 Å². The molecular weight excluding hydrogens is 268 g/mol. The Kier molecular flexibility index (Phi) is 5.49. The third-order valence-corrected chi connectivity index (χ3v) is 5.34. The summed E-state index contributed by atoms with van der Waals surface area (Å²) < 4.78 is 0. The summed E-state index contributed by atoms with van der Waals surface area (Å²) in [6.45, 7) is 5.97. The van der Waals surface area contributed by atoms with E-state index in [1.54, 1.807) is 11.8 Å². The van der Waals surface area contributed by atoms with Gasteiger partial charge in [-0.15, -0.1) is 11.8 Å². The highest BCUT2D eigenvalue weighted by Gasteiger charge is 2.39. The first kappa shape index (κ1) is 15.4. The van der Waals surface area contributed by atoms with Gasteiger partial charge in [0.25, 0.3) is 0 Å². The molecule has 1 amide bonds. The fourth-order valence-corrected chi connectivity index (χ4v) is 3.93. The van der Waals surface area contributed by atoms with E-state index in [1.807, 2.05) is 7.05 Å². The maximum absolute atomic E-state index is 12.5. The fourth-order valence-electron chi connectivity index (χ4n) is 2.50. The number of hydrogen-bond donors (Lipinski definition) is 1. The molecule has 3 nitrogen and oxygen atoms in total. The third kappa shape index (κ3) is 3.36. The molecule has 110 valence electrons. The quantitative estimate of drug-likeness (QED) is 0.818. The molecule has 2 rings (SSSR count). The van der Waals surface area contributed by atoms with E-state index in [2.05, 4.69) is 48.3 Å². The zero-order valence-corrected chi connectivity index (χ0v) is 13.4. The summed E-state index contributed by atoms with van der Waals surface area (Å²) in [4.78, 5) is 14.5. The lowest BCUT2D eigenvalue weighted by molar-refractivity contribution is -0.130. The largest absolute Gasteiger partial charge is 0.326 e. The van der Waals surface area contributed by atoms with Gasteiger partial charge in [0, 0.05) is 6.54 Å². The molecule has 1 aliphatic rings. The Balaban J connectivity index is 2.15. The topological polar surface area (TPSA) is 32.3 Å². The van der Waals surface area contributed by atoms with Gasteiger partial charge >= 0.3 is 0 Å². The Labute approximate surface area is 126 Å². The first-order chi connectivity index (χ1) is 9.67. The van der Waals surface area contributed by atoms with Crippen molar-refractivity contribution in [1.82, 2.24) is 10.2 Å². The van der Waals surface area contributed by atoms with E-state index >= 15 is 0 Å². The smallest absolute Gasteiger partial charge is 0.236 e. The van der Waals surface area contributed by atoms with Crippen LogP contribution in [-0.2, 0) is 4.79 Å². The second kappa shape index (κ2) is 7.14. The lowest BCUT2D eigenvalue weighted by atomic mass is 10.1. The van der Waals surface area contributed by atoms with Crippen LogP contribution in [0.3, 0.4) is 0 Å². The molecule has 1 N–H and O–H groups in total. The lowest BCUT2D eigenvalue weighted by Crippen LogP contribution is -2.33. The zero-order valence-electron chi connectivity index (χ0n) is 12.6. The number of carbonyl (C=O) groups is 1. The fraction of sp³-hybridized carbons (Fsp3) is 0.562. The van der Waals surface area contributed by atoms with Gasteiger partial charge in [-0.1, -0.05) is 36.8 Å². The number of aryl methyl sites for hydroxylation is 1. The number of benzene rings is 1. The Morgan fingerprint density at radius 2 is 2.00 bits per heavy atom. The van der Waals surface area contributed by atoms with Crippen LogP contribution in [0.15, 0.2) is 24.3 Å². The van der Waals surface area contributed by atoms with Crippen molar-refractivity contribution in [3.8, 4) is 0 Å². The number of nitrogens with one attached hydrogen (secondary N) is 1. The number of rotatable bonds is 6. The second-order valence-corrected chi connectivity index (χ2v) is 6.57. The van der Waals surface area contributed by atoms with Crippen LogP contribution in [0.2, 0.25) is 0 Å². The van der Waals surface area contributed by atoms with Crippen molar-refractivity contribution in [1.29, 1.82) is 0 Å². The Morgan fingerprint density at radius 1 is 1.30 bits per heavy atom. The normalized spacial score (nSPS) is 22.6. The third-order valence-electron chi connectivity index (χ3n) is 3.69. The number of thioether (sulfide) groups is 1. The first-order valence-electron chi connectivity index (χ1n) is 7.34. The molecule has 0 radical (unpaired) electrons. The van der Waals surface area contributed by atoms with E-state index in [4.69, 9.17) is 0 Å². The average molecular weight is 292 g/mol. The minimum atomic E-state index is 0.121. The Bertz CT molecular complexity index is 446. The molecule has 0 unspecified atom stereocenters. The van der Waals surface area contributed by atoms with E-state index in [-0.39, 0.29) is 10.6 Å². The Morgan fingerprint density at radius 3 is 2.60 bits per heavy atom. The lowest BCUT2D eigenvalue weighted by Gasteiger charge is -2.24. The first-order valence-corrected chi connectivity index (χ1v) is 8.28. The summed E-state index contributed by atoms with van der Waals surface area (Å²) in [7, 11) is 1.95. The van der Waals surface area contributed by atoms with Crippen LogP contribution in [0.5, 0.6) is 0 Å². The van der Waals surface area contributed by atoms with Crippen molar-refractivity contribution < 1.29 is 4.79 Å². The molecule has 0 aromatic heterocycles. The number of hydrogen-bond acceptors (Lipinski definition) is 3. The van der Waals surface area contributed by atoms with Crippen molar-refractivity contribution in [3.63, 3.8) is 0 Å². The van der Waals surface area contributed by atoms with Crippen LogP contribution >= 0.6 is 11.8 Å². The molecule has 1 aromatic rings. The van der Waals surface area contributed by atoms with E-state index in [9.17, 15) is 4.79 Å². The van der Waals surface area contributed by atoms with Crippen molar-refractivity contribution in [3.05, 3.63) is 35.4 Å². The Hall–Kier alpha value is -1.00. The molecule has 0 saturated carbocycles. The molecule has 0 spiro atoms. The minimum Gasteiger partial charge on any atom is -0.326 e. The SMILES string of the molecule is CC[C@@H]1S[C@H](c2ccc(C)cc2)N(CCCNC)C1=O. The summed E-state index contributed by atoms with van der Waals surface area (Å²) in [5.41, 5.74) is 2.51. The standard InChI is InChI=1S/C16H24N2OS/c1-4-14-15(19)18(11-5-10-17-3)16(20-14)13-8-6-12(2)7-9-13/h6-9,14,16-17H,4-5,10-11H2,1-3H3/t14-,16+/m0/s1. The van der Waals surface area contributed by atoms with E-state index in [0.29, 0.717) is 5.91 Å². The minimum absolute atomic E-state index is 0.121. The molecular formula is C16H24N2OS. The maximum Gasteiger partial charge on any atom is 0.236 e. The highest BCUT2D eigenvalue weighted by Crippen LogP contribution is 2.44. The van der Waals surface area contributed by atoms with E-state index < -0.39 is 0 Å². The van der Waals surface area contributed by atoms with Gasteiger partial charge in [0.2, 0.25) is 5.91 Å². The number of amides is 1. The van der Waals surface area contributed by atoms with Gasteiger partial charge in [0.1, 0.15) is 5.37 Å². The van der Waals surface area contributed by atoms with Crippen LogP contribution in [0.4, 0.5) is 0 Å². The molecule has 1 heterocycles. The molecule has 0 aliphatic carbocycles. The summed E-state index contributed by atoms with van der Waals surface area (Å²) in [6.07, 6.45) is 1.91. The molecule has 4 heteroatoms. The van der Waals surface area contributed by atoms with Crippen molar-refractivity contribution in [2.45, 2.75) is 37.3 Å². The zero-order chi connectivity index (χ0) is 14.5. The number of carbonyl (C=O) groups excluding carboxylic acids is 1. The predicted molar refractivity (Wildman–Crippen MR) is 85.8 cm³/mol. The predicted octanol–water partition coefficient (Wildman–Crippen LogP) is 2.96. The van der Waals surface area contributed by atoms with Gasteiger partial charge in [-0.2, -0.15) is 0 Å². The van der Waals surface area contributed by atoms with Crippen molar-refractivity contribution in [2.24, 2.45) is 0 Å². The summed E-state index contributed by atoms with van der Waals surface area (Å²) >= 11 is 1.80. The van der Waals surface area contributed by atoms with Crippen molar-refractivity contribution in [2.75, 3.05) is 20.1 Å². The maximum atomic E-state index is 12.5. The molecule has 1 aliphatic heterocycles. The average Bonchev–Trinajstić information content (AvgIpc) is 2.77. The van der Waals surface area contributed by atoms with E-state index in [0.717, 1.165) is 25.9 Å². The monoisotopic (exact) mass is 292 g/mol. The van der Waals surface area contributed by atoms with E-state index in [1.165, 1.54) is 11.1 Å². The van der Waals surface area contributed by atoms with Crippen LogP contribution in [0.25, 0.3) is 0 Å². The van der Waals surface area contributed by atoms with Crippen LogP contribution in [0, 0.1) is 6.92 Å². The second-order valence-electron chi connectivity index (χ2n) is 5.28. The number of nitrogens with zero attached hydrogens (tertiary/aromatic N) is 1. The van der Waals surface area contributed by atoms with Gasteiger partial charge in [0.05, 0.1) is 5.25 Å². The summed E-state index contributed by atoms with van der Waals surface area (Å²) in [5, 5.41) is 3.46. The van der Waals surface area contributed by atoms with Crippen molar-refractivity contribution >= 4 is 17.7 Å². The molecule has 1 fully saturated rings. The van der Waals surface area contributed by atoms with Gasteiger partial charge in [-0.05, 0) is 38.9 Å². The molecule has 1 saturated heterocycles. The van der Waals surface area contributed by atoms with Gasteiger partial charge in [-0.25, -0.2) is 0 Å². The molecule has 0 bridgehead atoms. The highest BCUT2D eigenvalue weighted by molar-refractivity contribution is 8.01. The van der Waals surface area contributed by atoms with Gasteiger partial charge in [0.15, 0.2) is 0 Å². The summed E-state index contributed by atoms with van der Waals surface area (Å²) in [5.74, 6) is 0.305. The highest BCUT2D eigenvalue weighted by atomic mass is 32.2. The molecule has 1 aromatic carbocycles. The summed E-state index contributed by atoms with van der Waals surface area (Å²) in [6, 6.07) is 8.57. The van der Waals surface area contributed by atoms with Gasteiger partial charge < -0.3 is 10.2 Å². The van der Waals surface area contributed by atoms with Crippen LogP contribution < -0.4 is 5.32 Å². The molecule has 20 heavy (non-hydrogen) atoms. The van der Waals surface area contributed by atoms with Gasteiger partial charge in [-0.3, -0.25) is 4.79 Å². The molecule has 2 atom stereocenters. The van der Waals surface area contributed by atoms with Crippen LogP contribution in [0.1, 0.15) is 36.3 Å².